The van der Waals surface area contributed by atoms with E-state index < -0.39 is 0 Å². The second kappa shape index (κ2) is 11.9. The summed E-state index contributed by atoms with van der Waals surface area (Å²) in [5.41, 5.74) is 3.95. The summed E-state index contributed by atoms with van der Waals surface area (Å²) < 4.78 is 13.7. The Labute approximate surface area is 195 Å². The summed E-state index contributed by atoms with van der Waals surface area (Å²) in [5, 5.41) is 6.44. The summed E-state index contributed by atoms with van der Waals surface area (Å²) in [6.45, 7) is 6.95. The molecule has 0 radical (unpaired) electrons. The molecule has 30 heavy (non-hydrogen) atoms. The van der Waals surface area contributed by atoms with Crippen molar-refractivity contribution in [3.63, 3.8) is 0 Å². The number of hydrogen-bond donors (Lipinski definition) is 2. The number of rotatable bonds is 7. The lowest BCUT2D eigenvalue weighted by Gasteiger charge is -2.16. The number of aryl methyl sites for hydroxylation is 1. The minimum Gasteiger partial charge on any atom is -0.357 e. The van der Waals surface area contributed by atoms with Crippen LogP contribution in [0.1, 0.15) is 42.0 Å². The Morgan fingerprint density at radius 1 is 1.13 bits per heavy atom. The van der Waals surface area contributed by atoms with Gasteiger partial charge in [0.25, 0.3) is 0 Å². The number of carbonyl (C=O) groups is 1. The van der Waals surface area contributed by atoms with Gasteiger partial charge in [0.1, 0.15) is 5.82 Å². The molecule has 0 fully saturated rings. The van der Waals surface area contributed by atoms with E-state index in [1.54, 1.807) is 13.0 Å². The van der Waals surface area contributed by atoms with E-state index in [0.29, 0.717) is 44.1 Å². The van der Waals surface area contributed by atoms with E-state index in [4.69, 9.17) is 0 Å². The molecule has 5 nitrogen and oxygen atoms in total. The molecule has 162 valence electrons. The maximum atomic E-state index is 13.7. The molecule has 1 aliphatic rings. The number of aliphatic imine (C=N–C) groups is 1. The summed E-state index contributed by atoms with van der Waals surface area (Å²) in [5.74, 6) is 0.646. The molecule has 2 aromatic rings. The Hall–Kier alpha value is -2.16. The van der Waals surface area contributed by atoms with E-state index in [-0.39, 0.29) is 35.7 Å². The molecule has 0 saturated carbocycles. The van der Waals surface area contributed by atoms with Crippen LogP contribution in [0.4, 0.5) is 4.39 Å². The van der Waals surface area contributed by atoms with Crippen LogP contribution in [0.15, 0.2) is 47.5 Å². The first-order valence-corrected chi connectivity index (χ1v) is 10.2. The van der Waals surface area contributed by atoms with Crippen molar-refractivity contribution >= 4 is 35.8 Å². The smallest absolute Gasteiger partial charge is 0.223 e. The second-order valence-electron chi connectivity index (χ2n) is 7.33. The molecular formula is C23H30FIN4O. The van der Waals surface area contributed by atoms with Crippen molar-refractivity contribution in [2.45, 2.75) is 46.3 Å². The van der Waals surface area contributed by atoms with Gasteiger partial charge in [-0.2, -0.15) is 0 Å². The van der Waals surface area contributed by atoms with Crippen molar-refractivity contribution < 1.29 is 9.18 Å². The SMILES string of the molecule is CCNC(=NCc1ccc(C)c(F)c1)NCCCC(=O)N1Cc2ccccc2C1.I. The normalized spacial score (nSPS) is 12.9. The van der Waals surface area contributed by atoms with E-state index in [2.05, 4.69) is 27.8 Å². The molecule has 1 aliphatic heterocycles. The molecule has 1 heterocycles. The highest BCUT2D eigenvalue weighted by atomic mass is 127. The zero-order valence-electron chi connectivity index (χ0n) is 17.6. The number of hydrogen-bond acceptors (Lipinski definition) is 2. The molecule has 1 amide bonds. The molecule has 0 aliphatic carbocycles. The predicted octanol–water partition coefficient (Wildman–Crippen LogP) is 4.13. The van der Waals surface area contributed by atoms with Crippen molar-refractivity contribution in [3.05, 3.63) is 70.5 Å². The zero-order chi connectivity index (χ0) is 20.6. The fourth-order valence-corrected chi connectivity index (χ4v) is 3.36. The van der Waals surface area contributed by atoms with Crippen LogP contribution in [0.2, 0.25) is 0 Å². The fraction of sp³-hybridized carbons (Fsp3) is 0.391. The molecular weight excluding hydrogens is 494 g/mol. The van der Waals surface area contributed by atoms with Crippen molar-refractivity contribution in [2.24, 2.45) is 4.99 Å². The van der Waals surface area contributed by atoms with Gasteiger partial charge in [0.05, 0.1) is 6.54 Å². The van der Waals surface area contributed by atoms with Gasteiger partial charge in [-0.25, -0.2) is 9.38 Å². The van der Waals surface area contributed by atoms with E-state index in [1.165, 1.54) is 17.2 Å². The highest BCUT2D eigenvalue weighted by Crippen LogP contribution is 2.22. The van der Waals surface area contributed by atoms with E-state index in [1.807, 2.05) is 30.0 Å². The molecule has 0 aromatic heterocycles. The number of guanidine groups is 1. The summed E-state index contributed by atoms with van der Waals surface area (Å²) in [6.07, 6.45) is 1.23. The topological polar surface area (TPSA) is 56.7 Å². The lowest BCUT2D eigenvalue weighted by molar-refractivity contribution is -0.131. The predicted molar refractivity (Wildman–Crippen MR) is 129 cm³/mol. The van der Waals surface area contributed by atoms with Crippen molar-refractivity contribution in [1.82, 2.24) is 15.5 Å². The minimum atomic E-state index is -0.210. The monoisotopic (exact) mass is 524 g/mol. The molecule has 0 unspecified atom stereocenters. The standard InChI is InChI=1S/C23H29FN4O.HI/c1-3-25-23(27-14-18-11-10-17(2)21(24)13-18)26-12-6-9-22(29)28-15-19-7-4-5-8-20(19)16-28;/h4-5,7-8,10-11,13H,3,6,9,12,14-16H2,1-2H3,(H2,25,26,27);1H. The average molecular weight is 524 g/mol. The number of benzene rings is 2. The van der Waals surface area contributed by atoms with Gasteiger partial charge in [-0.05, 0) is 48.6 Å². The van der Waals surface area contributed by atoms with Gasteiger partial charge in [0.2, 0.25) is 5.91 Å². The summed E-state index contributed by atoms with van der Waals surface area (Å²) in [6, 6.07) is 13.4. The molecule has 2 N–H and O–H groups in total. The highest BCUT2D eigenvalue weighted by Gasteiger charge is 2.22. The minimum absolute atomic E-state index is 0. The molecule has 0 atom stereocenters. The van der Waals surface area contributed by atoms with Crippen LogP contribution >= 0.6 is 24.0 Å². The number of halogens is 2. The molecule has 0 bridgehead atoms. The number of fused-ring (bicyclic) bond motifs is 1. The lowest BCUT2D eigenvalue weighted by atomic mass is 10.1. The van der Waals surface area contributed by atoms with E-state index in [9.17, 15) is 9.18 Å². The summed E-state index contributed by atoms with van der Waals surface area (Å²) in [7, 11) is 0. The van der Waals surface area contributed by atoms with Gasteiger partial charge in [-0.15, -0.1) is 24.0 Å². The van der Waals surface area contributed by atoms with Crippen molar-refractivity contribution in [3.8, 4) is 0 Å². The Kier molecular flexibility index (Phi) is 9.55. The molecule has 0 saturated heterocycles. The third kappa shape index (κ3) is 6.68. The third-order valence-electron chi connectivity index (χ3n) is 5.05. The van der Waals surface area contributed by atoms with Gasteiger partial charge in [-0.1, -0.05) is 36.4 Å². The first kappa shape index (κ1) is 24.1. The largest absolute Gasteiger partial charge is 0.357 e. The van der Waals surface area contributed by atoms with Crippen LogP contribution in [-0.4, -0.2) is 29.9 Å². The first-order chi connectivity index (χ1) is 14.1. The Bertz CT molecular complexity index is 862. The number of carbonyl (C=O) groups excluding carboxylic acids is 1. The van der Waals surface area contributed by atoms with Crippen LogP contribution in [0.25, 0.3) is 0 Å². The Morgan fingerprint density at radius 3 is 2.47 bits per heavy atom. The maximum absolute atomic E-state index is 13.7. The average Bonchev–Trinajstić information content (AvgIpc) is 3.16. The highest BCUT2D eigenvalue weighted by molar-refractivity contribution is 14.0. The maximum Gasteiger partial charge on any atom is 0.223 e. The van der Waals surface area contributed by atoms with Gasteiger partial charge in [0, 0.05) is 32.6 Å². The van der Waals surface area contributed by atoms with Gasteiger partial charge >= 0.3 is 0 Å². The molecule has 7 heteroatoms. The molecule has 2 aromatic carbocycles. The van der Waals surface area contributed by atoms with E-state index in [0.717, 1.165) is 18.5 Å². The zero-order valence-corrected chi connectivity index (χ0v) is 19.9. The van der Waals surface area contributed by atoms with Crippen LogP contribution < -0.4 is 10.6 Å². The van der Waals surface area contributed by atoms with Crippen LogP contribution in [0.3, 0.4) is 0 Å². The van der Waals surface area contributed by atoms with Crippen molar-refractivity contribution in [2.75, 3.05) is 13.1 Å². The van der Waals surface area contributed by atoms with Gasteiger partial charge < -0.3 is 15.5 Å². The Morgan fingerprint density at radius 2 is 1.83 bits per heavy atom. The lowest BCUT2D eigenvalue weighted by Crippen LogP contribution is -2.38. The number of nitrogens with one attached hydrogen (secondary N) is 2. The van der Waals surface area contributed by atoms with Gasteiger partial charge in [0.15, 0.2) is 5.96 Å². The summed E-state index contributed by atoms with van der Waals surface area (Å²) >= 11 is 0. The number of nitrogens with zero attached hydrogens (tertiary/aromatic N) is 2. The van der Waals surface area contributed by atoms with Crippen LogP contribution in [-0.2, 0) is 24.4 Å². The van der Waals surface area contributed by atoms with Gasteiger partial charge in [-0.3, -0.25) is 4.79 Å². The van der Waals surface area contributed by atoms with Crippen LogP contribution in [0, 0.1) is 12.7 Å². The summed E-state index contributed by atoms with van der Waals surface area (Å²) in [4.78, 5) is 18.9. The fourth-order valence-electron chi connectivity index (χ4n) is 3.36. The van der Waals surface area contributed by atoms with E-state index >= 15 is 0 Å². The molecule has 0 spiro atoms. The second-order valence-corrected chi connectivity index (χ2v) is 7.33. The van der Waals surface area contributed by atoms with Crippen LogP contribution in [0.5, 0.6) is 0 Å². The molecule has 3 rings (SSSR count). The number of amides is 1. The quantitative estimate of drug-likeness (QED) is 0.248. The first-order valence-electron chi connectivity index (χ1n) is 10.2. The third-order valence-corrected chi connectivity index (χ3v) is 5.05. The Balaban J connectivity index is 0.00000320. The van der Waals surface area contributed by atoms with Crippen molar-refractivity contribution in [1.29, 1.82) is 0 Å².